The molecule has 0 spiro atoms. The van der Waals surface area contributed by atoms with E-state index in [2.05, 4.69) is 25.9 Å². The Morgan fingerprint density at radius 1 is 1.03 bits per heavy atom. The number of benzene rings is 2. The molecular weight excluding hydrogens is 449 g/mol. The highest BCUT2D eigenvalue weighted by molar-refractivity contribution is 5.99. The molecule has 3 N–H and O–H groups in total. The van der Waals surface area contributed by atoms with Crippen molar-refractivity contribution in [1.82, 2.24) is 15.3 Å². The van der Waals surface area contributed by atoms with Crippen LogP contribution in [0, 0.1) is 6.92 Å². The van der Waals surface area contributed by atoms with Crippen LogP contribution in [0.15, 0.2) is 54.9 Å². The van der Waals surface area contributed by atoms with E-state index >= 15 is 0 Å². The molecule has 0 aliphatic carbocycles. The van der Waals surface area contributed by atoms with Crippen LogP contribution in [0.2, 0.25) is 0 Å². The summed E-state index contributed by atoms with van der Waals surface area (Å²) in [5, 5.41) is 8.05. The number of alkyl halides is 3. The number of anilines is 3. The third-order valence-electron chi connectivity index (χ3n) is 4.85. The summed E-state index contributed by atoms with van der Waals surface area (Å²) in [5.74, 6) is 1.56. The summed E-state index contributed by atoms with van der Waals surface area (Å²) in [6.07, 6.45) is -3.09. The lowest BCUT2D eigenvalue weighted by molar-refractivity contribution is -0.138. The van der Waals surface area contributed by atoms with Crippen LogP contribution in [0.3, 0.4) is 0 Å². The van der Waals surface area contributed by atoms with Gasteiger partial charge in [0, 0.05) is 37.6 Å². The zero-order chi connectivity index (χ0) is 24.7. The van der Waals surface area contributed by atoms with Crippen LogP contribution in [0.5, 0.6) is 11.6 Å². The maximum absolute atomic E-state index is 13.1. The number of urea groups is 1. The molecule has 0 saturated heterocycles. The summed E-state index contributed by atoms with van der Waals surface area (Å²) in [6.45, 7) is 2.92. The maximum atomic E-state index is 13.1. The lowest BCUT2D eigenvalue weighted by atomic mass is 10.1. The second-order valence-corrected chi connectivity index (χ2v) is 7.47. The molecule has 0 aliphatic heterocycles. The molecule has 2 amide bonds. The Balaban J connectivity index is 1.60. The van der Waals surface area contributed by atoms with Crippen LogP contribution in [0.4, 0.5) is 35.2 Å². The van der Waals surface area contributed by atoms with Gasteiger partial charge in [0.05, 0.1) is 5.56 Å². The highest BCUT2D eigenvalue weighted by Gasteiger charge is 2.32. The van der Waals surface area contributed by atoms with Crippen LogP contribution >= 0.6 is 0 Å². The molecular formula is C23H25F3N6O2. The number of likely N-dealkylation sites (N-methyl/N-ethyl adjacent to an activating group) is 2. The molecule has 1 heterocycles. The monoisotopic (exact) mass is 474 g/mol. The smallest absolute Gasteiger partial charge is 0.416 e. The summed E-state index contributed by atoms with van der Waals surface area (Å²) in [4.78, 5) is 22.5. The van der Waals surface area contributed by atoms with E-state index in [0.717, 1.165) is 19.2 Å². The number of carbonyl (C=O) groups excluding carboxylic acids is 1. The number of hydrogen-bond acceptors (Lipinski definition) is 6. The molecule has 0 fully saturated rings. The van der Waals surface area contributed by atoms with Crippen LogP contribution < -0.4 is 25.6 Å². The average Bonchev–Trinajstić information content (AvgIpc) is 2.79. The van der Waals surface area contributed by atoms with Crippen LogP contribution in [-0.4, -0.2) is 43.2 Å². The van der Waals surface area contributed by atoms with Crippen LogP contribution in [-0.2, 0) is 6.18 Å². The van der Waals surface area contributed by atoms with E-state index in [1.165, 1.54) is 25.4 Å². The standard InChI is InChI=1S/C23H25F3N6O2/c1-15-4-5-17(12-19(15)23(24,25)26)31-22(33)30-16-6-8-18(9-7-16)34-21-13-20(28-14-29-21)32(3)11-10-27-2/h4-9,12-14,27H,10-11H2,1-3H3,(H2,30,31,33). The van der Waals surface area contributed by atoms with Gasteiger partial charge in [0.1, 0.15) is 17.9 Å². The van der Waals surface area contributed by atoms with E-state index in [0.29, 0.717) is 23.1 Å². The van der Waals surface area contributed by atoms with Crippen LogP contribution in [0.25, 0.3) is 0 Å². The number of carbonyl (C=O) groups is 1. The number of hydrogen-bond donors (Lipinski definition) is 3. The first-order valence-electron chi connectivity index (χ1n) is 10.4. The van der Waals surface area contributed by atoms with Crippen molar-refractivity contribution < 1.29 is 22.7 Å². The number of nitrogens with one attached hydrogen (secondary N) is 3. The highest BCUT2D eigenvalue weighted by Crippen LogP contribution is 2.33. The van der Waals surface area contributed by atoms with Crippen LogP contribution in [0.1, 0.15) is 11.1 Å². The third kappa shape index (κ3) is 6.82. The largest absolute Gasteiger partial charge is 0.439 e. The molecule has 8 nitrogen and oxygen atoms in total. The van der Waals surface area contributed by atoms with E-state index in [-0.39, 0.29) is 11.3 Å². The van der Waals surface area contributed by atoms with Crippen molar-refractivity contribution in [3.8, 4) is 11.6 Å². The second kappa shape index (κ2) is 10.8. The molecule has 34 heavy (non-hydrogen) atoms. The molecule has 0 aliphatic rings. The van der Waals surface area contributed by atoms with E-state index in [4.69, 9.17) is 4.74 Å². The minimum absolute atomic E-state index is 0.0367. The van der Waals surface area contributed by atoms with E-state index in [1.807, 2.05) is 19.0 Å². The van der Waals surface area contributed by atoms with Crippen molar-refractivity contribution >= 4 is 23.2 Å². The lowest BCUT2D eigenvalue weighted by Crippen LogP contribution is -2.27. The van der Waals surface area contributed by atoms with E-state index in [1.54, 1.807) is 30.3 Å². The van der Waals surface area contributed by atoms with Gasteiger partial charge in [0.2, 0.25) is 5.88 Å². The molecule has 1 aromatic heterocycles. The van der Waals surface area contributed by atoms with Gasteiger partial charge in [-0.2, -0.15) is 13.2 Å². The van der Waals surface area contributed by atoms with Crippen molar-refractivity contribution in [2.24, 2.45) is 0 Å². The van der Waals surface area contributed by atoms with Crippen molar-refractivity contribution in [3.05, 3.63) is 66.0 Å². The van der Waals surface area contributed by atoms with E-state index in [9.17, 15) is 18.0 Å². The van der Waals surface area contributed by atoms with Gasteiger partial charge in [0.15, 0.2) is 0 Å². The Morgan fingerprint density at radius 3 is 2.38 bits per heavy atom. The molecule has 3 aromatic rings. The van der Waals surface area contributed by atoms with Gasteiger partial charge >= 0.3 is 12.2 Å². The van der Waals surface area contributed by atoms with Crippen molar-refractivity contribution in [3.63, 3.8) is 0 Å². The van der Waals surface area contributed by atoms with Crippen molar-refractivity contribution in [2.75, 3.05) is 42.7 Å². The normalized spacial score (nSPS) is 11.1. The fraction of sp³-hybridized carbons (Fsp3) is 0.261. The molecule has 180 valence electrons. The van der Waals surface area contributed by atoms with Gasteiger partial charge in [-0.1, -0.05) is 6.07 Å². The number of halogens is 3. The summed E-state index contributed by atoms with van der Waals surface area (Å²) in [5.41, 5.74) is -0.250. The van der Waals surface area contributed by atoms with Gasteiger partial charge in [-0.05, 0) is 55.9 Å². The summed E-state index contributed by atoms with van der Waals surface area (Å²) in [7, 11) is 3.78. The summed E-state index contributed by atoms with van der Waals surface area (Å²) < 4.78 is 45.0. The zero-order valence-electron chi connectivity index (χ0n) is 18.9. The minimum Gasteiger partial charge on any atom is -0.439 e. The summed E-state index contributed by atoms with van der Waals surface area (Å²) >= 11 is 0. The zero-order valence-corrected chi connectivity index (χ0v) is 18.9. The van der Waals surface area contributed by atoms with Gasteiger partial charge in [-0.25, -0.2) is 14.8 Å². The molecule has 0 atom stereocenters. The Hall–Kier alpha value is -3.86. The van der Waals surface area contributed by atoms with Crippen molar-refractivity contribution in [1.29, 1.82) is 0 Å². The number of aromatic nitrogens is 2. The first kappa shape index (κ1) is 24.8. The van der Waals surface area contributed by atoms with Gasteiger partial charge in [-0.3, -0.25) is 0 Å². The SMILES string of the molecule is CNCCN(C)c1cc(Oc2ccc(NC(=O)Nc3ccc(C)c(C(F)(F)F)c3)cc2)ncn1. The topological polar surface area (TPSA) is 91.4 Å². The van der Waals surface area contributed by atoms with Crippen molar-refractivity contribution in [2.45, 2.75) is 13.1 Å². The quantitative estimate of drug-likeness (QED) is 0.430. The average molecular weight is 474 g/mol. The first-order valence-corrected chi connectivity index (χ1v) is 10.4. The second-order valence-electron chi connectivity index (χ2n) is 7.47. The predicted molar refractivity (Wildman–Crippen MR) is 125 cm³/mol. The van der Waals surface area contributed by atoms with Gasteiger partial charge in [-0.15, -0.1) is 0 Å². The molecule has 0 bridgehead atoms. The third-order valence-corrected chi connectivity index (χ3v) is 4.85. The van der Waals surface area contributed by atoms with E-state index < -0.39 is 17.8 Å². The Morgan fingerprint density at radius 2 is 1.71 bits per heavy atom. The summed E-state index contributed by atoms with van der Waals surface area (Å²) in [6, 6.07) is 11.1. The Bertz CT molecular complexity index is 1120. The molecule has 2 aromatic carbocycles. The predicted octanol–water partition coefficient (Wildman–Crippen LogP) is 4.90. The fourth-order valence-electron chi connectivity index (χ4n) is 3.01. The fourth-order valence-corrected chi connectivity index (χ4v) is 3.01. The Kier molecular flexibility index (Phi) is 7.90. The first-order chi connectivity index (χ1) is 16.2. The minimum atomic E-state index is -4.50. The molecule has 0 radical (unpaired) electrons. The Labute approximate surface area is 195 Å². The molecule has 0 saturated carbocycles. The molecule has 3 rings (SSSR count). The van der Waals surface area contributed by atoms with Gasteiger partial charge in [0.25, 0.3) is 0 Å². The number of nitrogens with zero attached hydrogens (tertiary/aromatic N) is 3. The number of aryl methyl sites for hydroxylation is 1. The number of ether oxygens (including phenoxy) is 1. The number of amides is 2. The number of rotatable bonds is 8. The molecule has 11 heteroatoms. The maximum Gasteiger partial charge on any atom is 0.416 e. The lowest BCUT2D eigenvalue weighted by Gasteiger charge is -2.18. The van der Waals surface area contributed by atoms with Gasteiger partial charge < -0.3 is 25.6 Å². The molecule has 0 unspecified atom stereocenters. The highest BCUT2D eigenvalue weighted by atomic mass is 19.4.